The van der Waals surface area contributed by atoms with E-state index in [0.29, 0.717) is 0 Å². The first-order valence-corrected chi connectivity index (χ1v) is 5.92. The molecule has 0 aromatic heterocycles. The third-order valence-electron chi connectivity index (χ3n) is 3.16. The van der Waals surface area contributed by atoms with E-state index in [2.05, 4.69) is 26.0 Å². The predicted molar refractivity (Wildman–Crippen MR) is 67.4 cm³/mol. The van der Waals surface area contributed by atoms with Crippen molar-refractivity contribution < 1.29 is 0 Å². The lowest BCUT2D eigenvalue weighted by Crippen LogP contribution is -2.40. The van der Waals surface area contributed by atoms with E-state index >= 15 is 0 Å². The zero-order valence-electron chi connectivity index (χ0n) is 9.81. The van der Waals surface area contributed by atoms with Gasteiger partial charge < -0.3 is 5.73 Å². The normalized spacial score (nSPS) is 11.8. The third-order valence-corrected chi connectivity index (χ3v) is 3.51. The Balaban J connectivity index is 2.89. The molecule has 1 aromatic rings. The molecular formula is C13H20ClN. The lowest BCUT2D eigenvalue weighted by atomic mass is 9.87. The minimum Gasteiger partial charge on any atom is -0.325 e. The molecule has 1 rings (SSSR count). The molecule has 0 aliphatic heterocycles. The molecular weight excluding hydrogens is 206 g/mol. The first kappa shape index (κ1) is 12.5. The number of hydrogen-bond acceptors (Lipinski definition) is 1. The zero-order chi connectivity index (χ0) is 11.5. The molecule has 0 saturated heterocycles. The molecule has 2 N–H and O–H groups in total. The van der Waals surface area contributed by atoms with Crippen molar-refractivity contribution in [3.63, 3.8) is 0 Å². The van der Waals surface area contributed by atoms with Gasteiger partial charge in [0.05, 0.1) is 0 Å². The van der Waals surface area contributed by atoms with Crippen molar-refractivity contribution >= 4 is 11.6 Å². The Morgan fingerprint density at radius 3 is 2.33 bits per heavy atom. The Bertz CT molecular complexity index is 329. The maximum atomic E-state index is 6.28. The van der Waals surface area contributed by atoms with Crippen molar-refractivity contribution in [1.82, 2.24) is 0 Å². The Kier molecular flexibility index (Phi) is 4.18. The van der Waals surface area contributed by atoms with Crippen molar-refractivity contribution in [3.8, 4) is 0 Å². The van der Waals surface area contributed by atoms with E-state index in [4.69, 9.17) is 17.3 Å². The number of halogens is 1. The molecule has 0 atom stereocenters. The summed E-state index contributed by atoms with van der Waals surface area (Å²) in [5.41, 5.74) is 8.52. The SMILES string of the molecule is CCC(N)(CC)Cc1ccc(C)cc1Cl. The van der Waals surface area contributed by atoms with Crippen molar-refractivity contribution in [2.24, 2.45) is 5.73 Å². The molecule has 0 fully saturated rings. The highest BCUT2D eigenvalue weighted by atomic mass is 35.5. The first-order valence-electron chi connectivity index (χ1n) is 5.54. The minimum atomic E-state index is -0.112. The molecule has 0 aliphatic rings. The van der Waals surface area contributed by atoms with Crippen LogP contribution in [-0.4, -0.2) is 5.54 Å². The summed E-state index contributed by atoms with van der Waals surface area (Å²) in [6.45, 7) is 6.31. The predicted octanol–water partition coefficient (Wildman–Crippen LogP) is 3.71. The van der Waals surface area contributed by atoms with E-state index in [-0.39, 0.29) is 5.54 Å². The Morgan fingerprint density at radius 2 is 1.87 bits per heavy atom. The maximum Gasteiger partial charge on any atom is 0.0441 e. The summed E-state index contributed by atoms with van der Waals surface area (Å²) in [5, 5.41) is 0.840. The summed E-state index contributed by atoms with van der Waals surface area (Å²) in [6.07, 6.45) is 2.82. The van der Waals surface area contributed by atoms with Gasteiger partial charge in [-0.05, 0) is 43.4 Å². The summed E-state index contributed by atoms with van der Waals surface area (Å²) in [7, 11) is 0. The van der Waals surface area contributed by atoms with E-state index in [9.17, 15) is 0 Å². The summed E-state index contributed by atoms with van der Waals surface area (Å²) in [4.78, 5) is 0. The fourth-order valence-corrected chi connectivity index (χ4v) is 1.98. The Morgan fingerprint density at radius 1 is 1.27 bits per heavy atom. The van der Waals surface area contributed by atoms with E-state index in [1.54, 1.807) is 0 Å². The summed E-state index contributed by atoms with van der Waals surface area (Å²) in [6, 6.07) is 6.18. The molecule has 0 amide bonds. The minimum absolute atomic E-state index is 0.112. The van der Waals surface area contributed by atoms with Gasteiger partial charge in [0.1, 0.15) is 0 Å². The standard InChI is InChI=1S/C13H20ClN/c1-4-13(15,5-2)9-11-7-6-10(3)8-12(11)14/h6-8H,4-5,9,15H2,1-3H3. The molecule has 0 spiro atoms. The van der Waals surface area contributed by atoms with E-state index in [1.807, 2.05) is 13.0 Å². The second kappa shape index (κ2) is 5.00. The van der Waals surface area contributed by atoms with Gasteiger partial charge in [-0.25, -0.2) is 0 Å². The number of rotatable bonds is 4. The smallest absolute Gasteiger partial charge is 0.0441 e. The van der Waals surface area contributed by atoms with Crippen LogP contribution in [0.1, 0.15) is 37.8 Å². The molecule has 1 nitrogen and oxygen atoms in total. The summed E-state index contributed by atoms with van der Waals surface area (Å²) in [5.74, 6) is 0. The van der Waals surface area contributed by atoms with Gasteiger partial charge >= 0.3 is 0 Å². The van der Waals surface area contributed by atoms with Crippen LogP contribution in [0.5, 0.6) is 0 Å². The van der Waals surface area contributed by atoms with Gasteiger partial charge in [0.2, 0.25) is 0 Å². The van der Waals surface area contributed by atoms with Crippen LogP contribution in [0.4, 0.5) is 0 Å². The first-order chi connectivity index (χ1) is 7.00. The van der Waals surface area contributed by atoms with Crippen LogP contribution in [-0.2, 0) is 6.42 Å². The van der Waals surface area contributed by atoms with Crippen LogP contribution in [0.25, 0.3) is 0 Å². The van der Waals surface area contributed by atoms with Crippen LogP contribution in [0.15, 0.2) is 18.2 Å². The summed E-state index contributed by atoms with van der Waals surface area (Å²) < 4.78 is 0. The lowest BCUT2D eigenvalue weighted by Gasteiger charge is -2.27. The van der Waals surface area contributed by atoms with Gasteiger partial charge in [-0.1, -0.05) is 37.6 Å². The van der Waals surface area contributed by atoms with Crippen LogP contribution >= 0.6 is 11.6 Å². The van der Waals surface area contributed by atoms with Gasteiger partial charge in [0.25, 0.3) is 0 Å². The molecule has 0 saturated carbocycles. The zero-order valence-corrected chi connectivity index (χ0v) is 10.6. The highest BCUT2D eigenvalue weighted by molar-refractivity contribution is 6.31. The number of hydrogen-bond donors (Lipinski definition) is 1. The number of nitrogens with two attached hydrogens (primary N) is 1. The van der Waals surface area contributed by atoms with Crippen LogP contribution in [0.2, 0.25) is 5.02 Å². The van der Waals surface area contributed by atoms with Gasteiger partial charge in [0.15, 0.2) is 0 Å². The summed E-state index contributed by atoms with van der Waals surface area (Å²) >= 11 is 6.19. The average Bonchev–Trinajstić information content (AvgIpc) is 2.22. The quantitative estimate of drug-likeness (QED) is 0.831. The fourth-order valence-electron chi connectivity index (χ4n) is 1.68. The van der Waals surface area contributed by atoms with Crippen molar-refractivity contribution in [2.45, 2.75) is 45.6 Å². The molecule has 0 heterocycles. The topological polar surface area (TPSA) is 26.0 Å². The number of benzene rings is 1. The van der Waals surface area contributed by atoms with Crippen LogP contribution < -0.4 is 5.73 Å². The maximum absolute atomic E-state index is 6.28. The van der Waals surface area contributed by atoms with Crippen molar-refractivity contribution in [1.29, 1.82) is 0 Å². The van der Waals surface area contributed by atoms with Gasteiger partial charge in [-0.3, -0.25) is 0 Å². The second-order valence-corrected chi connectivity index (χ2v) is 4.75. The molecule has 0 radical (unpaired) electrons. The molecule has 0 bridgehead atoms. The molecule has 1 aromatic carbocycles. The number of aryl methyl sites for hydroxylation is 1. The molecule has 2 heteroatoms. The Labute approximate surface area is 97.6 Å². The van der Waals surface area contributed by atoms with E-state index < -0.39 is 0 Å². The van der Waals surface area contributed by atoms with Gasteiger partial charge in [-0.2, -0.15) is 0 Å². The van der Waals surface area contributed by atoms with Gasteiger partial charge in [-0.15, -0.1) is 0 Å². The largest absolute Gasteiger partial charge is 0.325 e. The molecule has 0 aliphatic carbocycles. The van der Waals surface area contributed by atoms with E-state index in [0.717, 1.165) is 29.8 Å². The lowest BCUT2D eigenvalue weighted by molar-refractivity contribution is 0.393. The van der Waals surface area contributed by atoms with Crippen LogP contribution in [0.3, 0.4) is 0 Å². The molecule has 84 valence electrons. The van der Waals surface area contributed by atoms with Crippen molar-refractivity contribution in [3.05, 3.63) is 34.3 Å². The highest BCUT2D eigenvalue weighted by Gasteiger charge is 2.21. The molecule has 15 heavy (non-hydrogen) atoms. The fraction of sp³-hybridized carbons (Fsp3) is 0.538. The monoisotopic (exact) mass is 225 g/mol. The second-order valence-electron chi connectivity index (χ2n) is 4.34. The average molecular weight is 226 g/mol. The highest BCUT2D eigenvalue weighted by Crippen LogP contribution is 2.24. The Hall–Kier alpha value is -0.530. The van der Waals surface area contributed by atoms with E-state index in [1.165, 1.54) is 5.56 Å². The van der Waals surface area contributed by atoms with Gasteiger partial charge in [0, 0.05) is 10.6 Å². The third kappa shape index (κ3) is 3.22. The van der Waals surface area contributed by atoms with Crippen molar-refractivity contribution in [2.75, 3.05) is 0 Å². The molecule has 0 unspecified atom stereocenters. The van der Waals surface area contributed by atoms with Crippen LogP contribution in [0, 0.1) is 6.92 Å².